The third-order valence-electron chi connectivity index (χ3n) is 2.78. The van der Waals surface area contributed by atoms with Gasteiger partial charge in [0.1, 0.15) is 5.69 Å². The fraction of sp³-hybridized carbons (Fsp3) is 0.333. The van der Waals surface area contributed by atoms with Crippen molar-refractivity contribution >= 4 is 23.1 Å². The number of thiazole rings is 1. The Labute approximate surface area is 120 Å². The molecule has 2 heterocycles. The Hall–Kier alpha value is -2.22. The monoisotopic (exact) mass is 292 g/mol. The van der Waals surface area contributed by atoms with E-state index < -0.39 is 0 Å². The van der Waals surface area contributed by atoms with Gasteiger partial charge in [0.15, 0.2) is 5.84 Å². The number of hydrogen-bond donors (Lipinski definition) is 2. The van der Waals surface area contributed by atoms with E-state index in [-0.39, 0.29) is 5.84 Å². The topological polar surface area (TPSA) is 101 Å². The zero-order valence-corrected chi connectivity index (χ0v) is 12.3. The zero-order chi connectivity index (χ0) is 14.7. The van der Waals surface area contributed by atoms with Crippen LogP contribution in [0.25, 0.3) is 0 Å². The summed E-state index contributed by atoms with van der Waals surface area (Å²) < 4.78 is 0. The second-order valence-corrected chi connectivity index (χ2v) is 5.34. The summed E-state index contributed by atoms with van der Waals surface area (Å²) in [7, 11) is 1.89. The van der Waals surface area contributed by atoms with Gasteiger partial charge in [-0.05, 0) is 19.9 Å². The Morgan fingerprint density at radius 3 is 2.80 bits per heavy atom. The lowest BCUT2D eigenvalue weighted by atomic mass is 10.3. The van der Waals surface area contributed by atoms with E-state index >= 15 is 0 Å². The smallest absolute Gasteiger partial charge is 0.226 e. The maximum atomic E-state index is 8.73. The van der Waals surface area contributed by atoms with Crippen LogP contribution in [-0.4, -0.2) is 33.0 Å². The van der Waals surface area contributed by atoms with Crippen LogP contribution in [0.1, 0.15) is 22.0 Å². The molecule has 0 aliphatic carbocycles. The molecule has 0 bridgehead atoms. The number of anilines is 1. The van der Waals surface area contributed by atoms with Gasteiger partial charge in [-0.2, -0.15) is 0 Å². The number of rotatable bonds is 4. The maximum absolute atomic E-state index is 8.73. The molecular weight excluding hydrogens is 276 g/mol. The van der Waals surface area contributed by atoms with Gasteiger partial charge < -0.3 is 15.8 Å². The highest BCUT2D eigenvalue weighted by molar-refractivity contribution is 7.09. The van der Waals surface area contributed by atoms with Crippen molar-refractivity contribution in [2.75, 3.05) is 11.9 Å². The van der Waals surface area contributed by atoms with Gasteiger partial charge in [-0.15, -0.1) is 11.3 Å². The Bertz CT molecular complexity index is 639. The fourth-order valence-corrected chi connectivity index (χ4v) is 2.50. The van der Waals surface area contributed by atoms with E-state index in [0.717, 1.165) is 16.3 Å². The van der Waals surface area contributed by atoms with E-state index in [4.69, 9.17) is 10.9 Å². The predicted molar refractivity (Wildman–Crippen MR) is 78.2 cm³/mol. The summed E-state index contributed by atoms with van der Waals surface area (Å²) in [5, 5.41) is 11.7. The lowest BCUT2D eigenvalue weighted by Crippen LogP contribution is -2.22. The van der Waals surface area contributed by atoms with Gasteiger partial charge in [-0.3, -0.25) is 0 Å². The molecule has 0 radical (unpaired) electrons. The first-order valence-corrected chi connectivity index (χ1v) is 6.83. The Balaban J connectivity index is 2.28. The van der Waals surface area contributed by atoms with Crippen molar-refractivity contribution in [3.05, 3.63) is 33.5 Å². The number of amidine groups is 1. The third-order valence-corrected chi connectivity index (χ3v) is 3.70. The Morgan fingerprint density at radius 2 is 2.20 bits per heavy atom. The molecule has 2 rings (SSSR count). The number of nitrogens with zero attached hydrogens (tertiary/aromatic N) is 5. The first-order valence-electron chi connectivity index (χ1n) is 5.95. The minimum Gasteiger partial charge on any atom is -0.409 e. The highest BCUT2D eigenvalue weighted by atomic mass is 32.1. The van der Waals surface area contributed by atoms with Crippen LogP contribution in [0.3, 0.4) is 0 Å². The van der Waals surface area contributed by atoms with Crippen molar-refractivity contribution in [1.82, 2.24) is 15.0 Å². The van der Waals surface area contributed by atoms with Crippen molar-refractivity contribution in [3.8, 4) is 0 Å². The summed E-state index contributed by atoms with van der Waals surface area (Å²) in [6.07, 6.45) is 0. The SMILES string of the molecule is Cc1cc(/C(N)=N/O)nc(N(C)Cc2scnc2C)n1. The summed E-state index contributed by atoms with van der Waals surface area (Å²) in [5.41, 5.74) is 9.56. The number of aryl methyl sites for hydroxylation is 2. The molecule has 2 aromatic heterocycles. The van der Waals surface area contributed by atoms with Crippen LogP contribution < -0.4 is 10.6 Å². The van der Waals surface area contributed by atoms with E-state index in [1.54, 1.807) is 17.4 Å². The number of hydrogen-bond acceptors (Lipinski definition) is 7. The van der Waals surface area contributed by atoms with Gasteiger partial charge in [0.2, 0.25) is 5.95 Å². The van der Waals surface area contributed by atoms with Gasteiger partial charge in [0, 0.05) is 17.6 Å². The molecule has 2 aromatic rings. The van der Waals surface area contributed by atoms with E-state index in [2.05, 4.69) is 20.1 Å². The van der Waals surface area contributed by atoms with Crippen LogP contribution in [0.2, 0.25) is 0 Å². The molecule has 0 saturated heterocycles. The standard InChI is InChI=1S/C12H16N6OS/c1-7-4-9(11(13)17-19)16-12(15-7)18(3)5-10-8(2)14-6-20-10/h4,6,19H,5H2,1-3H3,(H2,13,17). The van der Waals surface area contributed by atoms with Crippen molar-refractivity contribution in [2.45, 2.75) is 20.4 Å². The van der Waals surface area contributed by atoms with E-state index in [1.807, 2.05) is 31.3 Å². The predicted octanol–water partition coefficient (Wildman–Crippen LogP) is 1.28. The van der Waals surface area contributed by atoms with Crippen LogP contribution in [0, 0.1) is 13.8 Å². The van der Waals surface area contributed by atoms with Crippen LogP contribution >= 0.6 is 11.3 Å². The highest BCUT2D eigenvalue weighted by Gasteiger charge is 2.12. The number of nitrogens with two attached hydrogens (primary N) is 1. The summed E-state index contributed by atoms with van der Waals surface area (Å²) in [6, 6.07) is 1.67. The molecule has 0 spiro atoms. The minimum absolute atomic E-state index is 0.0286. The normalized spacial score (nSPS) is 11.7. The molecular formula is C12H16N6OS. The van der Waals surface area contributed by atoms with Crippen LogP contribution in [0.4, 0.5) is 5.95 Å². The van der Waals surface area contributed by atoms with Gasteiger partial charge in [0.25, 0.3) is 0 Å². The zero-order valence-electron chi connectivity index (χ0n) is 11.5. The maximum Gasteiger partial charge on any atom is 0.226 e. The molecule has 0 atom stereocenters. The van der Waals surface area contributed by atoms with Crippen LogP contribution in [0.5, 0.6) is 0 Å². The lowest BCUT2D eigenvalue weighted by Gasteiger charge is -2.17. The third kappa shape index (κ3) is 3.02. The quantitative estimate of drug-likeness (QED) is 0.381. The second kappa shape index (κ2) is 5.83. The van der Waals surface area contributed by atoms with E-state index in [1.165, 1.54) is 0 Å². The molecule has 0 unspecified atom stereocenters. The molecule has 7 nitrogen and oxygen atoms in total. The molecule has 0 fully saturated rings. The van der Waals surface area contributed by atoms with Gasteiger partial charge in [0.05, 0.1) is 17.7 Å². The molecule has 106 valence electrons. The molecule has 0 amide bonds. The molecule has 20 heavy (non-hydrogen) atoms. The fourth-order valence-electron chi connectivity index (χ4n) is 1.67. The second-order valence-electron chi connectivity index (χ2n) is 4.40. The van der Waals surface area contributed by atoms with Gasteiger partial charge in [-0.25, -0.2) is 15.0 Å². The average Bonchev–Trinajstić information content (AvgIpc) is 2.82. The Kier molecular flexibility index (Phi) is 4.14. The molecule has 0 aliphatic rings. The van der Waals surface area contributed by atoms with E-state index in [0.29, 0.717) is 18.2 Å². The highest BCUT2D eigenvalue weighted by Crippen LogP contribution is 2.17. The Morgan fingerprint density at radius 1 is 1.45 bits per heavy atom. The van der Waals surface area contributed by atoms with E-state index in [9.17, 15) is 0 Å². The van der Waals surface area contributed by atoms with Gasteiger partial charge in [-0.1, -0.05) is 5.16 Å². The number of oxime groups is 1. The first-order chi connectivity index (χ1) is 9.51. The van der Waals surface area contributed by atoms with Crippen molar-refractivity contribution in [1.29, 1.82) is 0 Å². The molecule has 0 saturated carbocycles. The molecule has 3 N–H and O–H groups in total. The lowest BCUT2D eigenvalue weighted by molar-refractivity contribution is 0.318. The molecule has 0 aliphatic heterocycles. The van der Waals surface area contributed by atoms with Crippen molar-refractivity contribution < 1.29 is 5.21 Å². The summed E-state index contributed by atoms with van der Waals surface area (Å²) >= 11 is 1.59. The summed E-state index contributed by atoms with van der Waals surface area (Å²) in [4.78, 5) is 15.9. The van der Waals surface area contributed by atoms with Crippen LogP contribution in [-0.2, 0) is 6.54 Å². The first kappa shape index (κ1) is 14.2. The van der Waals surface area contributed by atoms with Crippen molar-refractivity contribution in [2.24, 2.45) is 10.9 Å². The summed E-state index contributed by atoms with van der Waals surface area (Å²) in [6.45, 7) is 4.47. The molecule has 0 aromatic carbocycles. The van der Waals surface area contributed by atoms with Crippen molar-refractivity contribution in [3.63, 3.8) is 0 Å². The van der Waals surface area contributed by atoms with Gasteiger partial charge >= 0.3 is 0 Å². The summed E-state index contributed by atoms with van der Waals surface area (Å²) in [5.74, 6) is 0.499. The van der Waals surface area contributed by atoms with Crippen LogP contribution in [0.15, 0.2) is 16.7 Å². The number of aromatic nitrogens is 3. The minimum atomic E-state index is -0.0286. The average molecular weight is 292 g/mol. The molecule has 8 heteroatoms. The largest absolute Gasteiger partial charge is 0.409 e.